The van der Waals surface area contributed by atoms with Crippen molar-refractivity contribution in [3.8, 4) is 0 Å². The molecule has 2 unspecified atom stereocenters. The third-order valence-electron chi connectivity index (χ3n) is 5.59. The predicted octanol–water partition coefficient (Wildman–Crippen LogP) is 3.22. The Hall–Kier alpha value is -1.12. The molecule has 202 valence electrons. The molecule has 12 heteroatoms. The van der Waals surface area contributed by atoms with Crippen LogP contribution in [0.25, 0.3) is 0 Å². The average Bonchev–Trinajstić information content (AvgIpc) is 2.77. The second-order valence-electron chi connectivity index (χ2n) is 9.43. The Morgan fingerprint density at radius 2 is 0.972 bits per heavy atom. The summed E-state index contributed by atoms with van der Waals surface area (Å²) < 4.78 is 57.1. The molecule has 0 aromatic heterocycles. The number of aliphatic hydroxyl groups is 2. The van der Waals surface area contributed by atoms with Gasteiger partial charge in [0.05, 0.1) is 9.79 Å². The second kappa shape index (κ2) is 13.1. The molecule has 0 aliphatic rings. The SMILES string of the molecule is Cc1ccc(S(=O)(=O)NC(C)(CCO)CSSCC(C)(CCO)NS(=O)(=O)c2ccc(C)cc2)cc1. The Balaban J connectivity index is 2.05. The molecule has 2 atom stereocenters. The summed E-state index contributed by atoms with van der Waals surface area (Å²) in [5.41, 5.74) is 0.0430. The standard InChI is InChI=1S/C24H36N2O6S4/c1-19-5-9-21(10-6-19)35(29,30)25-23(3,13-15-27)17-33-34-18-24(4,14-16-28)26-36(31,32)22-11-7-20(2)8-12-22/h5-12,25-28H,13-18H2,1-4H3. The fourth-order valence-electron chi connectivity index (χ4n) is 3.34. The van der Waals surface area contributed by atoms with E-state index in [1.54, 1.807) is 62.4 Å². The Bertz CT molecular complexity index is 1090. The van der Waals surface area contributed by atoms with Crippen molar-refractivity contribution in [2.45, 2.75) is 61.4 Å². The Morgan fingerprint density at radius 1 is 0.667 bits per heavy atom. The summed E-state index contributed by atoms with van der Waals surface area (Å²) in [5, 5.41) is 19.1. The summed E-state index contributed by atoms with van der Waals surface area (Å²) in [6, 6.07) is 13.1. The van der Waals surface area contributed by atoms with Crippen LogP contribution in [0.5, 0.6) is 0 Å². The molecule has 2 aromatic rings. The van der Waals surface area contributed by atoms with Crippen LogP contribution in [0, 0.1) is 13.8 Å². The van der Waals surface area contributed by atoms with Crippen LogP contribution in [0.15, 0.2) is 58.3 Å². The molecule has 0 spiro atoms. The van der Waals surface area contributed by atoms with Gasteiger partial charge in [0.15, 0.2) is 0 Å². The fourth-order valence-corrected chi connectivity index (χ4v) is 9.58. The van der Waals surface area contributed by atoms with E-state index in [0.717, 1.165) is 11.1 Å². The van der Waals surface area contributed by atoms with Gasteiger partial charge in [0.2, 0.25) is 20.0 Å². The lowest BCUT2D eigenvalue weighted by atomic mass is 10.0. The fraction of sp³-hybridized carbons (Fsp3) is 0.500. The molecule has 4 N–H and O–H groups in total. The number of nitrogens with one attached hydrogen (secondary N) is 2. The molecule has 8 nitrogen and oxygen atoms in total. The highest BCUT2D eigenvalue weighted by Gasteiger charge is 2.33. The van der Waals surface area contributed by atoms with Gasteiger partial charge in [-0.3, -0.25) is 0 Å². The van der Waals surface area contributed by atoms with E-state index in [-0.39, 0.29) is 35.8 Å². The van der Waals surface area contributed by atoms with E-state index in [1.165, 1.54) is 21.6 Å². The smallest absolute Gasteiger partial charge is 0.241 e. The number of aliphatic hydroxyl groups excluding tert-OH is 2. The molecular formula is C24H36N2O6S4. The van der Waals surface area contributed by atoms with Gasteiger partial charge in [-0.2, -0.15) is 0 Å². The molecule has 0 heterocycles. The van der Waals surface area contributed by atoms with Crippen LogP contribution in [0.3, 0.4) is 0 Å². The third-order valence-corrected chi connectivity index (χ3v) is 11.8. The topological polar surface area (TPSA) is 133 Å². The third kappa shape index (κ3) is 9.32. The van der Waals surface area contributed by atoms with Crippen LogP contribution < -0.4 is 9.44 Å². The molecule has 2 rings (SSSR count). The molecule has 36 heavy (non-hydrogen) atoms. The highest BCUT2D eigenvalue weighted by molar-refractivity contribution is 8.76. The summed E-state index contributed by atoms with van der Waals surface area (Å²) in [6.07, 6.45) is 0.416. The quantitative estimate of drug-likeness (QED) is 0.188. The molecule has 0 radical (unpaired) electrons. The van der Waals surface area contributed by atoms with Gasteiger partial charge in [0.1, 0.15) is 0 Å². The van der Waals surface area contributed by atoms with Crippen molar-refractivity contribution >= 4 is 41.6 Å². The van der Waals surface area contributed by atoms with Crippen molar-refractivity contribution in [1.29, 1.82) is 0 Å². The maximum atomic E-state index is 12.9. The Morgan fingerprint density at radius 3 is 1.25 bits per heavy atom. The minimum atomic E-state index is -3.80. The van der Waals surface area contributed by atoms with Gasteiger partial charge in [0, 0.05) is 35.8 Å². The van der Waals surface area contributed by atoms with E-state index >= 15 is 0 Å². The van der Waals surface area contributed by atoms with Gasteiger partial charge in [0.25, 0.3) is 0 Å². The first-order valence-corrected chi connectivity index (χ1v) is 16.9. The number of benzene rings is 2. The zero-order chi connectivity index (χ0) is 27.0. The van der Waals surface area contributed by atoms with Gasteiger partial charge in [-0.25, -0.2) is 26.3 Å². The Kier molecular flexibility index (Phi) is 11.3. The molecule has 0 amide bonds. The minimum absolute atomic E-state index is 0.149. The second-order valence-corrected chi connectivity index (χ2v) is 15.3. The highest BCUT2D eigenvalue weighted by Crippen LogP contribution is 2.32. The van der Waals surface area contributed by atoms with Gasteiger partial charge in [-0.15, -0.1) is 0 Å². The summed E-state index contributed by atoms with van der Waals surface area (Å²) in [5.74, 6) is 0.673. The molecule has 2 aromatic carbocycles. The van der Waals surface area contributed by atoms with E-state index in [4.69, 9.17) is 0 Å². The van der Waals surface area contributed by atoms with Crippen molar-refractivity contribution in [3.63, 3.8) is 0 Å². The van der Waals surface area contributed by atoms with Crippen LogP contribution in [-0.2, 0) is 20.0 Å². The number of hydrogen-bond donors (Lipinski definition) is 4. The first kappa shape index (κ1) is 31.1. The Labute approximate surface area is 223 Å². The van der Waals surface area contributed by atoms with Crippen LogP contribution in [-0.4, -0.2) is 62.8 Å². The first-order chi connectivity index (χ1) is 16.7. The maximum absolute atomic E-state index is 12.9. The van der Waals surface area contributed by atoms with Gasteiger partial charge in [-0.05, 0) is 64.8 Å². The van der Waals surface area contributed by atoms with Crippen LogP contribution in [0.2, 0.25) is 0 Å². The van der Waals surface area contributed by atoms with E-state index in [1.807, 2.05) is 13.8 Å². The largest absolute Gasteiger partial charge is 0.396 e. The lowest BCUT2D eigenvalue weighted by Gasteiger charge is -2.32. The minimum Gasteiger partial charge on any atom is -0.396 e. The number of hydrogen-bond acceptors (Lipinski definition) is 8. The highest BCUT2D eigenvalue weighted by atomic mass is 33.1. The zero-order valence-electron chi connectivity index (χ0n) is 21.0. The monoisotopic (exact) mass is 576 g/mol. The summed E-state index contributed by atoms with van der Waals surface area (Å²) in [4.78, 5) is 0.298. The normalized spacial score (nSPS) is 15.8. The molecule has 0 aliphatic heterocycles. The molecular weight excluding hydrogens is 541 g/mol. The van der Waals surface area contributed by atoms with E-state index in [2.05, 4.69) is 9.44 Å². The molecule has 0 fully saturated rings. The average molecular weight is 577 g/mol. The maximum Gasteiger partial charge on any atom is 0.241 e. The molecule has 0 bridgehead atoms. The van der Waals surface area contributed by atoms with E-state index in [0.29, 0.717) is 11.5 Å². The summed E-state index contributed by atoms with van der Waals surface area (Å²) >= 11 is 0. The first-order valence-electron chi connectivity index (χ1n) is 11.4. The molecule has 0 saturated heterocycles. The van der Waals surface area contributed by atoms with Crippen LogP contribution in [0.4, 0.5) is 0 Å². The van der Waals surface area contributed by atoms with Gasteiger partial charge < -0.3 is 10.2 Å². The lowest BCUT2D eigenvalue weighted by Crippen LogP contribution is -2.49. The van der Waals surface area contributed by atoms with Crippen molar-refractivity contribution in [3.05, 3.63) is 59.7 Å². The summed E-state index contributed by atoms with van der Waals surface area (Å²) in [7, 11) is -4.84. The van der Waals surface area contributed by atoms with Crippen molar-refractivity contribution in [1.82, 2.24) is 9.44 Å². The lowest BCUT2D eigenvalue weighted by molar-refractivity contribution is 0.247. The number of aryl methyl sites for hydroxylation is 2. The van der Waals surface area contributed by atoms with Crippen molar-refractivity contribution in [2.24, 2.45) is 0 Å². The van der Waals surface area contributed by atoms with Crippen molar-refractivity contribution < 1.29 is 27.0 Å². The zero-order valence-corrected chi connectivity index (χ0v) is 24.3. The van der Waals surface area contributed by atoms with Crippen LogP contribution in [0.1, 0.15) is 37.8 Å². The number of sulfonamides is 2. The molecule has 0 aliphatic carbocycles. The molecule has 0 saturated carbocycles. The summed E-state index contributed by atoms with van der Waals surface area (Å²) in [6.45, 7) is 6.82. The van der Waals surface area contributed by atoms with Gasteiger partial charge in [-0.1, -0.05) is 57.0 Å². The predicted molar refractivity (Wildman–Crippen MR) is 148 cm³/mol. The van der Waals surface area contributed by atoms with Crippen molar-refractivity contribution in [2.75, 3.05) is 24.7 Å². The van der Waals surface area contributed by atoms with E-state index in [9.17, 15) is 27.0 Å². The van der Waals surface area contributed by atoms with E-state index < -0.39 is 31.1 Å². The number of rotatable bonds is 15. The van der Waals surface area contributed by atoms with Gasteiger partial charge >= 0.3 is 0 Å². The van der Waals surface area contributed by atoms with Crippen LogP contribution >= 0.6 is 21.6 Å².